The first-order valence-corrected chi connectivity index (χ1v) is 8.08. The largest absolute Gasteiger partial charge is 0.465 e. The van der Waals surface area contributed by atoms with Gasteiger partial charge in [0.1, 0.15) is 5.60 Å². The first-order chi connectivity index (χ1) is 9.06. The van der Waals surface area contributed by atoms with E-state index in [1.807, 2.05) is 6.92 Å². The van der Waals surface area contributed by atoms with Gasteiger partial charge in [0.15, 0.2) is 0 Å². The van der Waals surface area contributed by atoms with Gasteiger partial charge >= 0.3 is 21.3 Å². The SMILES string of the molecule is C[C@@H]1CC2CCCC(OC(=O)C(F)(F)S(=O)(=O)O)(C2)C1. The third kappa shape index (κ3) is 2.81. The number of esters is 1. The molecule has 1 N–H and O–H groups in total. The summed E-state index contributed by atoms with van der Waals surface area (Å²) in [5.74, 6) is -1.62. The second kappa shape index (κ2) is 4.91. The van der Waals surface area contributed by atoms with Crippen LogP contribution in [0.2, 0.25) is 0 Å². The Labute approximate surface area is 116 Å². The second-order valence-electron chi connectivity index (χ2n) is 6.07. The fourth-order valence-corrected chi connectivity index (χ4v) is 3.87. The number of rotatable bonds is 3. The van der Waals surface area contributed by atoms with Crippen molar-refractivity contribution in [3.63, 3.8) is 0 Å². The van der Waals surface area contributed by atoms with Crippen LogP contribution < -0.4 is 0 Å². The van der Waals surface area contributed by atoms with Crippen molar-refractivity contribution in [3.8, 4) is 0 Å². The average Bonchev–Trinajstić information content (AvgIpc) is 2.25. The van der Waals surface area contributed by atoms with E-state index < -0.39 is 26.9 Å². The topological polar surface area (TPSA) is 80.7 Å². The zero-order chi connectivity index (χ0) is 15.2. The lowest BCUT2D eigenvalue weighted by molar-refractivity contribution is -0.189. The molecule has 116 valence electrons. The highest BCUT2D eigenvalue weighted by atomic mass is 32.2. The summed E-state index contributed by atoms with van der Waals surface area (Å²) < 4.78 is 61.0. The van der Waals surface area contributed by atoms with Crippen LogP contribution in [0.4, 0.5) is 8.78 Å². The summed E-state index contributed by atoms with van der Waals surface area (Å²) in [6.45, 7) is 1.96. The second-order valence-corrected chi connectivity index (χ2v) is 7.53. The molecule has 0 aromatic carbocycles. The van der Waals surface area contributed by atoms with E-state index in [2.05, 4.69) is 0 Å². The number of carbonyl (C=O) groups is 1. The van der Waals surface area contributed by atoms with Crippen LogP contribution in [0.5, 0.6) is 0 Å². The number of alkyl halides is 2. The standard InChI is InChI=1S/C12H18F2O5S/c1-8-5-9-3-2-4-11(6-8,7-9)19-10(15)12(13,14)20(16,17)18/h8-9H,2-7H2,1H3,(H,16,17,18)/t8-,9?,11?/m1/s1. The van der Waals surface area contributed by atoms with Crippen LogP contribution in [-0.4, -0.2) is 29.8 Å². The quantitative estimate of drug-likeness (QED) is 0.639. The van der Waals surface area contributed by atoms with E-state index in [0.29, 0.717) is 25.2 Å². The fourth-order valence-electron chi connectivity index (χ4n) is 3.61. The Morgan fingerprint density at radius 3 is 2.65 bits per heavy atom. The van der Waals surface area contributed by atoms with Crippen molar-refractivity contribution in [2.24, 2.45) is 11.8 Å². The Morgan fingerprint density at radius 2 is 2.05 bits per heavy atom. The highest BCUT2D eigenvalue weighted by Crippen LogP contribution is 2.48. The summed E-state index contributed by atoms with van der Waals surface area (Å²) >= 11 is 0. The third-order valence-corrected chi connectivity index (χ3v) is 5.05. The molecule has 2 aliphatic carbocycles. The van der Waals surface area contributed by atoms with Gasteiger partial charge in [-0.25, -0.2) is 4.79 Å². The smallest absolute Gasteiger partial charge is 0.454 e. The maximum atomic E-state index is 13.3. The van der Waals surface area contributed by atoms with Gasteiger partial charge in [-0.3, -0.25) is 4.55 Å². The van der Waals surface area contributed by atoms with Crippen LogP contribution in [0.15, 0.2) is 0 Å². The molecule has 0 spiro atoms. The van der Waals surface area contributed by atoms with Gasteiger partial charge in [0.2, 0.25) is 0 Å². The van der Waals surface area contributed by atoms with Crippen LogP contribution >= 0.6 is 0 Å². The monoisotopic (exact) mass is 312 g/mol. The molecule has 20 heavy (non-hydrogen) atoms. The van der Waals surface area contributed by atoms with Gasteiger partial charge in [-0.15, -0.1) is 0 Å². The highest BCUT2D eigenvalue weighted by molar-refractivity contribution is 7.87. The first kappa shape index (κ1) is 15.6. The Bertz CT molecular complexity index is 500. The van der Waals surface area contributed by atoms with Crippen LogP contribution in [0.1, 0.15) is 45.4 Å². The molecule has 0 amide bonds. The summed E-state index contributed by atoms with van der Waals surface area (Å²) in [5, 5.41) is -4.91. The summed E-state index contributed by atoms with van der Waals surface area (Å²) in [6, 6.07) is 0. The molecule has 8 heteroatoms. The molecule has 0 aromatic rings. The van der Waals surface area contributed by atoms with E-state index in [4.69, 9.17) is 9.29 Å². The van der Waals surface area contributed by atoms with Crippen molar-refractivity contribution in [1.29, 1.82) is 0 Å². The van der Waals surface area contributed by atoms with E-state index in [9.17, 15) is 22.0 Å². The molecular weight excluding hydrogens is 294 g/mol. The van der Waals surface area contributed by atoms with Crippen molar-refractivity contribution >= 4 is 16.1 Å². The van der Waals surface area contributed by atoms with E-state index in [1.54, 1.807) is 0 Å². The summed E-state index contributed by atoms with van der Waals surface area (Å²) in [5.41, 5.74) is -1.01. The molecule has 2 saturated carbocycles. The van der Waals surface area contributed by atoms with Gasteiger partial charge in [-0.1, -0.05) is 13.3 Å². The maximum absolute atomic E-state index is 13.3. The lowest BCUT2D eigenvalue weighted by Gasteiger charge is -2.47. The molecule has 2 fully saturated rings. The summed E-state index contributed by atoms with van der Waals surface area (Å²) in [7, 11) is -5.80. The zero-order valence-corrected chi connectivity index (χ0v) is 12.0. The number of carbonyl (C=O) groups excluding carboxylic acids is 1. The van der Waals surface area contributed by atoms with Gasteiger partial charge in [0.05, 0.1) is 0 Å². The zero-order valence-electron chi connectivity index (χ0n) is 11.1. The fraction of sp³-hybridized carbons (Fsp3) is 0.917. The molecule has 0 heterocycles. The van der Waals surface area contributed by atoms with Crippen molar-refractivity contribution in [3.05, 3.63) is 0 Å². The first-order valence-electron chi connectivity index (χ1n) is 6.64. The third-order valence-electron chi connectivity index (χ3n) is 4.23. The molecule has 5 nitrogen and oxygen atoms in total. The Kier molecular flexibility index (Phi) is 3.83. The number of halogens is 2. The number of hydrogen-bond donors (Lipinski definition) is 1. The van der Waals surface area contributed by atoms with Gasteiger partial charge < -0.3 is 4.74 Å². The molecule has 2 bridgehead atoms. The summed E-state index contributed by atoms with van der Waals surface area (Å²) in [6.07, 6.45) is 4.11. The van der Waals surface area contributed by atoms with E-state index in [-0.39, 0.29) is 5.92 Å². The van der Waals surface area contributed by atoms with Crippen molar-refractivity contribution in [2.75, 3.05) is 0 Å². The normalized spacial score (nSPS) is 34.6. The van der Waals surface area contributed by atoms with Crippen molar-refractivity contribution in [1.82, 2.24) is 0 Å². The van der Waals surface area contributed by atoms with E-state index in [0.717, 1.165) is 19.3 Å². The molecule has 3 atom stereocenters. The van der Waals surface area contributed by atoms with E-state index >= 15 is 0 Å². The Balaban J connectivity index is 2.18. The van der Waals surface area contributed by atoms with Gasteiger partial charge in [-0.05, 0) is 43.9 Å². The molecule has 2 rings (SSSR count). The molecular formula is C12H18F2O5S. The van der Waals surface area contributed by atoms with Crippen LogP contribution in [0.3, 0.4) is 0 Å². The Morgan fingerprint density at radius 1 is 1.40 bits per heavy atom. The van der Waals surface area contributed by atoms with Gasteiger partial charge in [-0.2, -0.15) is 17.2 Å². The molecule has 2 aliphatic rings. The van der Waals surface area contributed by atoms with Crippen molar-refractivity contribution < 1.29 is 31.3 Å². The van der Waals surface area contributed by atoms with Gasteiger partial charge in [0.25, 0.3) is 0 Å². The average molecular weight is 312 g/mol. The van der Waals surface area contributed by atoms with Crippen LogP contribution in [-0.2, 0) is 19.6 Å². The predicted octanol–water partition coefficient (Wildman–Crippen LogP) is 2.37. The highest BCUT2D eigenvalue weighted by Gasteiger charge is 2.57. The molecule has 0 saturated heterocycles. The van der Waals surface area contributed by atoms with Gasteiger partial charge in [0, 0.05) is 0 Å². The molecule has 2 unspecified atom stereocenters. The number of ether oxygens (including phenoxy) is 1. The molecule has 0 aliphatic heterocycles. The number of fused-ring (bicyclic) bond motifs is 2. The molecule has 0 aromatic heterocycles. The lowest BCUT2D eigenvalue weighted by atomic mass is 9.65. The maximum Gasteiger partial charge on any atom is 0.465 e. The van der Waals surface area contributed by atoms with Crippen molar-refractivity contribution in [2.45, 2.75) is 56.3 Å². The number of hydrogen-bond acceptors (Lipinski definition) is 4. The Hall–Kier alpha value is -0.760. The minimum atomic E-state index is -5.80. The van der Waals surface area contributed by atoms with E-state index in [1.165, 1.54) is 0 Å². The lowest BCUT2D eigenvalue weighted by Crippen LogP contribution is -2.50. The minimum absolute atomic E-state index is 0.237. The predicted molar refractivity (Wildman–Crippen MR) is 65.7 cm³/mol. The minimum Gasteiger partial charge on any atom is -0.454 e. The molecule has 0 radical (unpaired) electrons. The van der Waals surface area contributed by atoms with Crippen LogP contribution in [0, 0.1) is 11.8 Å². The summed E-state index contributed by atoms with van der Waals surface area (Å²) in [4.78, 5) is 11.5. The van der Waals surface area contributed by atoms with Crippen LogP contribution in [0.25, 0.3) is 0 Å².